The lowest BCUT2D eigenvalue weighted by Crippen LogP contribution is -2.18. The maximum atomic E-state index is 13.1. The summed E-state index contributed by atoms with van der Waals surface area (Å²) in [4.78, 5) is 19.1. The van der Waals surface area contributed by atoms with Crippen molar-refractivity contribution in [3.8, 4) is 5.75 Å². The lowest BCUT2D eigenvalue weighted by Gasteiger charge is -2.22. The monoisotopic (exact) mass is 369 g/mol. The lowest BCUT2D eigenvalue weighted by atomic mass is 10.1. The molecule has 0 atom stereocenters. The second-order valence-corrected chi connectivity index (χ2v) is 6.45. The molecule has 0 aliphatic rings. The molecule has 5 heteroatoms. The molecule has 138 valence electrons. The summed E-state index contributed by atoms with van der Waals surface area (Å²) in [6.07, 6.45) is 3.44. The number of anilines is 3. The SMILES string of the molecule is CN(c1ccncc1)c1ccccc1C(=O)Nc1cccc2ccc(O)cc12. The van der Waals surface area contributed by atoms with Crippen LogP contribution in [0.5, 0.6) is 5.75 Å². The van der Waals surface area contributed by atoms with E-state index in [-0.39, 0.29) is 11.7 Å². The summed E-state index contributed by atoms with van der Waals surface area (Å²) in [5, 5.41) is 14.5. The van der Waals surface area contributed by atoms with Gasteiger partial charge in [0, 0.05) is 36.2 Å². The maximum Gasteiger partial charge on any atom is 0.257 e. The molecule has 2 N–H and O–H groups in total. The minimum Gasteiger partial charge on any atom is -0.508 e. The quantitative estimate of drug-likeness (QED) is 0.534. The molecule has 0 radical (unpaired) electrons. The maximum absolute atomic E-state index is 13.1. The first-order chi connectivity index (χ1) is 13.6. The van der Waals surface area contributed by atoms with Crippen LogP contribution in [0.2, 0.25) is 0 Å². The zero-order chi connectivity index (χ0) is 19.5. The van der Waals surface area contributed by atoms with Gasteiger partial charge in [0.1, 0.15) is 5.75 Å². The number of hydrogen-bond acceptors (Lipinski definition) is 4. The van der Waals surface area contributed by atoms with E-state index in [0.29, 0.717) is 11.3 Å². The van der Waals surface area contributed by atoms with Gasteiger partial charge >= 0.3 is 0 Å². The summed E-state index contributed by atoms with van der Waals surface area (Å²) in [7, 11) is 1.91. The molecule has 28 heavy (non-hydrogen) atoms. The van der Waals surface area contributed by atoms with Gasteiger partial charge in [0.05, 0.1) is 11.3 Å². The smallest absolute Gasteiger partial charge is 0.257 e. The van der Waals surface area contributed by atoms with Crippen LogP contribution in [0.15, 0.2) is 85.2 Å². The van der Waals surface area contributed by atoms with Gasteiger partial charge in [0.15, 0.2) is 0 Å². The van der Waals surface area contributed by atoms with Crippen molar-refractivity contribution in [1.82, 2.24) is 4.98 Å². The Hall–Kier alpha value is -3.86. The van der Waals surface area contributed by atoms with Gasteiger partial charge in [-0.15, -0.1) is 0 Å². The number of nitrogens with zero attached hydrogens (tertiary/aromatic N) is 2. The van der Waals surface area contributed by atoms with Gasteiger partial charge in [-0.25, -0.2) is 0 Å². The van der Waals surface area contributed by atoms with E-state index in [1.54, 1.807) is 30.6 Å². The third kappa shape index (κ3) is 3.38. The van der Waals surface area contributed by atoms with Crippen LogP contribution in [-0.2, 0) is 0 Å². The standard InChI is InChI=1S/C23H19N3O2/c1-26(17-11-13-24-14-12-17)22-8-3-2-6-19(22)23(28)25-21-7-4-5-16-9-10-18(27)15-20(16)21/h2-15,27H,1H3,(H,25,28). The lowest BCUT2D eigenvalue weighted by molar-refractivity contribution is 0.102. The Kier molecular flexibility index (Phi) is 4.64. The highest BCUT2D eigenvalue weighted by atomic mass is 16.3. The molecular weight excluding hydrogens is 350 g/mol. The molecule has 0 bridgehead atoms. The van der Waals surface area contributed by atoms with Crippen LogP contribution in [0.4, 0.5) is 17.1 Å². The predicted octanol–water partition coefficient (Wildman–Crippen LogP) is 4.96. The van der Waals surface area contributed by atoms with E-state index in [0.717, 1.165) is 22.1 Å². The average Bonchev–Trinajstić information content (AvgIpc) is 2.74. The number of carbonyl (C=O) groups excluding carboxylic acids is 1. The van der Waals surface area contributed by atoms with Gasteiger partial charge in [-0.3, -0.25) is 9.78 Å². The fraction of sp³-hybridized carbons (Fsp3) is 0.0435. The third-order valence-electron chi connectivity index (χ3n) is 4.67. The number of phenols is 1. The number of benzene rings is 3. The zero-order valence-electron chi connectivity index (χ0n) is 15.3. The molecule has 0 saturated carbocycles. The molecule has 1 amide bonds. The van der Waals surface area contributed by atoms with E-state index in [4.69, 9.17) is 0 Å². The van der Waals surface area contributed by atoms with E-state index in [1.165, 1.54) is 0 Å². The number of para-hydroxylation sites is 1. The molecule has 0 spiro atoms. The van der Waals surface area contributed by atoms with Gasteiger partial charge < -0.3 is 15.3 Å². The number of amides is 1. The van der Waals surface area contributed by atoms with Gasteiger partial charge in [-0.1, -0.05) is 30.3 Å². The summed E-state index contributed by atoms with van der Waals surface area (Å²) >= 11 is 0. The molecule has 5 nitrogen and oxygen atoms in total. The number of aromatic nitrogens is 1. The highest BCUT2D eigenvalue weighted by molar-refractivity contribution is 6.12. The van der Waals surface area contributed by atoms with E-state index in [2.05, 4.69) is 10.3 Å². The largest absolute Gasteiger partial charge is 0.508 e. The van der Waals surface area contributed by atoms with E-state index < -0.39 is 0 Å². The van der Waals surface area contributed by atoms with Crippen LogP contribution in [0.3, 0.4) is 0 Å². The number of fused-ring (bicyclic) bond motifs is 1. The first-order valence-electron chi connectivity index (χ1n) is 8.89. The minimum atomic E-state index is -0.215. The van der Waals surface area contributed by atoms with Crippen molar-refractivity contribution in [3.63, 3.8) is 0 Å². The first kappa shape index (κ1) is 17.5. The van der Waals surface area contributed by atoms with Crippen LogP contribution in [0.1, 0.15) is 10.4 Å². The fourth-order valence-electron chi connectivity index (χ4n) is 3.22. The molecule has 0 unspecified atom stereocenters. The van der Waals surface area contributed by atoms with Crippen molar-refractivity contribution < 1.29 is 9.90 Å². The molecule has 1 heterocycles. The highest BCUT2D eigenvalue weighted by Crippen LogP contribution is 2.30. The summed E-state index contributed by atoms with van der Waals surface area (Å²) in [6.45, 7) is 0. The Bertz CT molecular complexity index is 1140. The third-order valence-corrected chi connectivity index (χ3v) is 4.67. The van der Waals surface area contributed by atoms with Gasteiger partial charge in [0.25, 0.3) is 5.91 Å². The molecule has 0 aliphatic carbocycles. The Morgan fingerprint density at radius 3 is 2.57 bits per heavy atom. The highest BCUT2D eigenvalue weighted by Gasteiger charge is 2.16. The Labute approximate surface area is 162 Å². The Morgan fingerprint density at radius 2 is 1.75 bits per heavy atom. The van der Waals surface area contributed by atoms with Crippen LogP contribution >= 0.6 is 0 Å². The summed E-state index contributed by atoms with van der Waals surface area (Å²) < 4.78 is 0. The minimum absolute atomic E-state index is 0.159. The molecule has 4 rings (SSSR count). The van der Waals surface area contributed by atoms with Crippen molar-refractivity contribution in [3.05, 3.63) is 90.8 Å². The van der Waals surface area contributed by atoms with Crippen LogP contribution < -0.4 is 10.2 Å². The molecule has 1 aromatic heterocycles. The number of nitrogens with one attached hydrogen (secondary N) is 1. The number of phenolic OH excluding ortho intramolecular Hbond substituents is 1. The molecule has 0 fully saturated rings. The van der Waals surface area contributed by atoms with Crippen molar-refractivity contribution in [1.29, 1.82) is 0 Å². The average molecular weight is 369 g/mol. The summed E-state index contributed by atoms with van der Waals surface area (Å²) in [5.41, 5.74) is 2.93. The van der Waals surface area contributed by atoms with Crippen molar-refractivity contribution in [2.75, 3.05) is 17.3 Å². The second-order valence-electron chi connectivity index (χ2n) is 6.45. The molecule has 4 aromatic rings. The number of rotatable bonds is 4. The number of hydrogen-bond donors (Lipinski definition) is 2. The molecular formula is C23H19N3O2. The number of carbonyl (C=O) groups is 1. The van der Waals surface area contributed by atoms with Gasteiger partial charge in [0.2, 0.25) is 0 Å². The van der Waals surface area contributed by atoms with Crippen molar-refractivity contribution >= 4 is 33.7 Å². The van der Waals surface area contributed by atoms with Crippen molar-refractivity contribution in [2.24, 2.45) is 0 Å². The number of pyridine rings is 1. The zero-order valence-corrected chi connectivity index (χ0v) is 15.3. The molecule has 0 saturated heterocycles. The number of aromatic hydroxyl groups is 1. The summed E-state index contributed by atoms with van der Waals surface area (Å²) in [6, 6.07) is 22.0. The first-order valence-corrected chi connectivity index (χ1v) is 8.89. The van der Waals surface area contributed by atoms with Gasteiger partial charge in [-0.2, -0.15) is 0 Å². The van der Waals surface area contributed by atoms with Crippen molar-refractivity contribution in [2.45, 2.75) is 0 Å². The second kappa shape index (κ2) is 7.40. The van der Waals surface area contributed by atoms with Crippen LogP contribution in [0, 0.1) is 0 Å². The van der Waals surface area contributed by atoms with Gasteiger partial charge in [-0.05, 0) is 47.9 Å². The van der Waals surface area contributed by atoms with E-state index in [1.807, 2.05) is 66.5 Å². The molecule has 3 aromatic carbocycles. The molecule has 0 aliphatic heterocycles. The van der Waals surface area contributed by atoms with Crippen LogP contribution in [0.25, 0.3) is 10.8 Å². The normalized spacial score (nSPS) is 10.6. The summed E-state index contributed by atoms with van der Waals surface area (Å²) in [5.74, 6) is -0.0561. The topological polar surface area (TPSA) is 65.5 Å². The van der Waals surface area contributed by atoms with Crippen LogP contribution in [-0.4, -0.2) is 23.0 Å². The predicted molar refractivity (Wildman–Crippen MR) is 112 cm³/mol. The van der Waals surface area contributed by atoms with E-state index in [9.17, 15) is 9.90 Å². The Balaban J connectivity index is 1.70. The Morgan fingerprint density at radius 1 is 0.964 bits per heavy atom. The fourth-order valence-corrected chi connectivity index (χ4v) is 3.22. The van der Waals surface area contributed by atoms with E-state index >= 15 is 0 Å².